The molecule has 0 spiro atoms. The lowest BCUT2D eigenvalue weighted by atomic mass is 9.90. The second kappa shape index (κ2) is 11.2. The fourth-order valence-electron chi connectivity index (χ4n) is 4.12. The monoisotopic (exact) mass is 637 g/mol. The van der Waals surface area contributed by atoms with Crippen LogP contribution in [-0.4, -0.2) is 75.4 Å². The summed E-state index contributed by atoms with van der Waals surface area (Å²) in [5.41, 5.74) is -10.5. The Morgan fingerprint density at radius 1 is 1.07 bits per heavy atom. The number of halogens is 9. The molecule has 1 aromatic carbocycles. The predicted molar refractivity (Wildman–Crippen MR) is 129 cm³/mol. The van der Waals surface area contributed by atoms with Gasteiger partial charge < -0.3 is 25.2 Å². The highest BCUT2D eigenvalue weighted by atomic mass is 32.1. The van der Waals surface area contributed by atoms with E-state index >= 15 is 0 Å². The number of hydrogen-bond acceptors (Lipinski definition) is 7. The topological polar surface area (TPSA) is 112 Å². The minimum absolute atomic E-state index is 0.0834. The number of nitrogens with zero attached hydrogens (tertiary/aromatic N) is 2. The van der Waals surface area contributed by atoms with Crippen LogP contribution in [0.1, 0.15) is 59.5 Å². The summed E-state index contributed by atoms with van der Waals surface area (Å²) in [6, 6.07) is -0.194. The van der Waals surface area contributed by atoms with Gasteiger partial charge in [0.25, 0.3) is 17.4 Å². The Morgan fingerprint density at radius 3 is 2.14 bits per heavy atom. The standard InChI is InChI=1S/C24H24F9N3O5S/c1-11-5-4-8-36(11)19(38)15-16(42-18(35-15)17(37)34-10-20(2,3)39)13-7-6-12(9-14(13)41-24(31,32)33)21(40,22(25,26)27)23(28,29)30/h6-7,9,11,39-40H,4-5,8,10H2,1-3H3,(H,34,37)/t11-/m0/s1. The van der Waals surface area contributed by atoms with E-state index in [0.717, 1.165) is 0 Å². The largest absolute Gasteiger partial charge is 0.573 e. The summed E-state index contributed by atoms with van der Waals surface area (Å²) >= 11 is 0.318. The predicted octanol–water partition coefficient (Wildman–Crippen LogP) is 5.15. The van der Waals surface area contributed by atoms with Gasteiger partial charge in [0.05, 0.1) is 10.5 Å². The summed E-state index contributed by atoms with van der Waals surface area (Å²) in [7, 11) is 0. The third-order valence-corrected chi connectivity index (χ3v) is 7.30. The quantitative estimate of drug-likeness (QED) is 0.363. The molecule has 0 bridgehead atoms. The number of carbonyl (C=O) groups is 2. The molecule has 3 rings (SSSR count). The van der Waals surface area contributed by atoms with Crippen molar-refractivity contribution in [1.82, 2.24) is 15.2 Å². The molecule has 234 valence electrons. The number of thiazole rings is 1. The molecule has 1 aliphatic rings. The van der Waals surface area contributed by atoms with E-state index in [2.05, 4.69) is 15.0 Å². The fourth-order valence-corrected chi connectivity index (χ4v) is 5.12. The van der Waals surface area contributed by atoms with Gasteiger partial charge in [0.2, 0.25) is 0 Å². The van der Waals surface area contributed by atoms with Gasteiger partial charge in [-0.2, -0.15) is 26.3 Å². The van der Waals surface area contributed by atoms with Crippen molar-refractivity contribution < 1.29 is 64.1 Å². The summed E-state index contributed by atoms with van der Waals surface area (Å²) in [5.74, 6) is -3.46. The second-order valence-electron chi connectivity index (χ2n) is 10.1. The molecule has 3 N–H and O–H groups in total. The highest BCUT2D eigenvalue weighted by Gasteiger charge is 2.71. The highest BCUT2D eigenvalue weighted by molar-refractivity contribution is 7.17. The van der Waals surface area contributed by atoms with E-state index < -0.39 is 74.2 Å². The normalized spacial score (nSPS) is 17.0. The van der Waals surface area contributed by atoms with Crippen LogP contribution >= 0.6 is 11.3 Å². The molecule has 2 amide bonds. The van der Waals surface area contributed by atoms with E-state index in [4.69, 9.17) is 0 Å². The van der Waals surface area contributed by atoms with Crippen LogP contribution in [0.15, 0.2) is 18.2 Å². The Bertz CT molecular complexity index is 1320. The Hall–Kier alpha value is -3.12. The number of aliphatic hydroxyl groups is 2. The summed E-state index contributed by atoms with van der Waals surface area (Å²) in [4.78, 5) is 30.8. The molecular formula is C24H24F9N3O5S. The SMILES string of the molecule is C[C@H]1CCCN1C(=O)c1nc(C(=O)NCC(C)(C)O)sc1-c1ccc(C(O)(C(F)(F)F)C(F)(F)F)cc1OC(F)(F)F. The molecule has 18 heteroatoms. The number of likely N-dealkylation sites (tertiary alicyclic amines) is 1. The third-order valence-electron chi connectivity index (χ3n) is 6.21. The lowest BCUT2D eigenvalue weighted by Gasteiger charge is -2.33. The third kappa shape index (κ3) is 6.91. The van der Waals surface area contributed by atoms with Crippen LogP contribution in [0.25, 0.3) is 10.4 Å². The number of nitrogens with one attached hydrogen (secondary N) is 1. The van der Waals surface area contributed by atoms with Crippen molar-refractivity contribution in [1.29, 1.82) is 0 Å². The average molecular weight is 638 g/mol. The molecule has 0 radical (unpaired) electrons. The van der Waals surface area contributed by atoms with E-state index in [0.29, 0.717) is 30.2 Å². The number of hydrogen-bond donors (Lipinski definition) is 3. The second-order valence-corrected chi connectivity index (χ2v) is 11.1. The van der Waals surface area contributed by atoms with Crippen molar-refractivity contribution in [2.24, 2.45) is 0 Å². The number of carbonyl (C=O) groups excluding carboxylic acids is 2. The summed E-state index contributed by atoms with van der Waals surface area (Å²) < 4.78 is 124. The molecule has 2 aromatic rings. The van der Waals surface area contributed by atoms with Crippen molar-refractivity contribution in [2.45, 2.75) is 69.6 Å². The molecule has 0 saturated carbocycles. The van der Waals surface area contributed by atoms with Gasteiger partial charge >= 0.3 is 18.7 Å². The van der Waals surface area contributed by atoms with E-state index in [1.807, 2.05) is 0 Å². The summed E-state index contributed by atoms with van der Waals surface area (Å²) in [5, 5.41) is 21.4. The molecule has 0 unspecified atom stereocenters. The van der Waals surface area contributed by atoms with Crippen LogP contribution in [-0.2, 0) is 5.60 Å². The van der Waals surface area contributed by atoms with E-state index in [-0.39, 0.29) is 31.3 Å². The number of ether oxygens (including phenoxy) is 1. The zero-order chi connectivity index (χ0) is 32.1. The molecular weight excluding hydrogens is 613 g/mol. The number of rotatable bonds is 7. The maximum Gasteiger partial charge on any atom is 0.573 e. The fraction of sp³-hybridized carbons (Fsp3) is 0.542. The van der Waals surface area contributed by atoms with Crippen LogP contribution in [0.3, 0.4) is 0 Å². The van der Waals surface area contributed by atoms with Gasteiger partial charge in [-0.3, -0.25) is 9.59 Å². The lowest BCUT2D eigenvalue weighted by molar-refractivity contribution is -0.376. The van der Waals surface area contributed by atoms with Crippen molar-refractivity contribution in [3.05, 3.63) is 34.5 Å². The first-order chi connectivity index (χ1) is 19.0. The van der Waals surface area contributed by atoms with Gasteiger partial charge in [-0.15, -0.1) is 24.5 Å². The molecule has 1 fully saturated rings. The average Bonchev–Trinajstić information content (AvgIpc) is 3.45. The number of aromatic nitrogens is 1. The van der Waals surface area contributed by atoms with Crippen LogP contribution in [0.5, 0.6) is 5.75 Å². The van der Waals surface area contributed by atoms with Crippen LogP contribution < -0.4 is 10.1 Å². The van der Waals surface area contributed by atoms with Crippen LogP contribution in [0, 0.1) is 0 Å². The van der Waals surface area contributed by atoms with Crippen molar-refractivity contribution in [3.8, 4) is 16.2 Å². The first kappa shape index (κ1) is 33.4. The highest BCUT2D eigenvalue weighted by Crippen LogP contribution is 2.52. The van der Waals surface area contributed by atoms with Crippen LogP contribution in [0.4, 0.5) is 39.5 Å². The minimum Gasteiger partial charge on any atom is -0.405 e. The van der Waals surface area contributed by atoms with Gasteiger partial charge in [-0.1, -0.05) is 6.07 Å². The number of alkyl halides is 9. The van der Waals surface area contributed by atoms with Gasteiger partial charge in [0.15, 0.2) is 5.01 Å². The van der Waals surface area contributed by atoms with Gasteiger partial charge in [-0.25, -0.2) is 4.98 Å². The Morgan fingerprint density at radius 2 is 1.67 bits per heavy atom. The Kier molecular flexibility index (Phi) is 8.89. The molecule has 1 aromatic heterocycles. The zero-order valence-electron chi connectivity index (χ0n) is 22.0. The van der Waals surface area contributed by atoms with Gasteiger partial charge in [0.1, 0.15) is 11.4 Å². The minimum atomic E-state index is -6.41. The van der Waals surface area contributed by atoms with Crippen LogP contribution in [0.2, 0.25) is 0 Å². The van der Waals surface area contributed by atoms with E-state index in [1.165, 1.54) is 18.7 Å². The summed E-state index contributed by atoms with van der Waals surface area (Å²) in [6.07, 6.45) is -17.4. The van der Waals surface area contributed by atoms with E-state index in [1.54, 1.807) is 6.92 Å². The van der Waals surface area contributed by atoms with Gasteiger partial charge in [-0.05, 0) is 45.7 Å². The first-order valence-corrected chi connectivity index (χ1v) is 12.9. The van der Waals surface area contributed by atoms with Crippen molar-refractivity contribution in [2.75, 3.05) is 13.1 Å². The number of benzene rings is 1. The maximum absolute atomic E-state index is 13.5. The first-order valence-electron chi connectivity index (χ1n) is 12.0. The Labute approximate surface area is 236 Å². The van der Waals surface area contributed by atoms with Crippen molar-refractivity contribution in [3.63, 3.8) is 0 Å². The molecule has 1 saturated heterocycles. The summed E-state index contributed by atoms with van der Waals surface area (Å²) in [6.45, 7) is 4.23. The molecule has 1 aliphatic heterocycles. The smallest absolute Gasteiger partial charge is 0.405 e. The van der Waals surface area contributed by atoms with E-state index in [9.17, 15) is 59.3 Å². The molecule has 2 heterocycles. The number of amides is 2. The molecule has 0 aliphatic carbocycles. The van der Waals surface area contributed by atoms with Crippen molar-refractivity contribution >= 4 is 23.2 Å². The Balaban J connectivity index is 2.26. The molecule has 42 heavy (non-hydrogen) atoms. The van der Waals surface area contributed by atoms with Gasteiger partial charge in [0, 0.05) is 30.3 Å². The molecule has 8 nitrogen and oxygen atoms in total. The molecule has 1 atom stereocenters. The zero-order valence-corrected chi connectivity index (χ0v) is 22.8. The maximum atomic E-state index is 13.5. The lowest BCUT2D eigenvalue weighted by Crippen LogP contribution is -2.53.